The summed E-state index contributed by atoms with van der Waals surface area (Å²) in [6, 6.07) is 0. The summed E-state index contributed by atoms with van der Waals surface area (Å²) in [6.07, 6.45) is 1.39. The van der Waals surface area contributed by atoms with E-state index in [0.29, 0.717) is 32.7 Å². The van der Waals surface area contributed by atoms with E-state index in [-0.39, 0.29) is 0 Å². The highest BCUT2D eigenvalue weighted by atomic mass is 16.5. The van der Waals surface area contributed by atoms with Crippen molar-refractivity contribution < 1.29 is 19.4 Å². The Labute approximate surface area is 104 Å². The lowest BCUT2D eigenvalue weighted by Crippen LogP contribution is -2.53. The topological polar surface area (TPSA) is 59.0 Å². The first kappa shape index (κ1) is 16.4. The summed E-state index contributed by atoms with van der Waals surface area (Å²) in [5.74, 6) is -0.784. The molecule has 0 bridgehead atoms. The Kier molecular flexibility index (Phi) is 8.12. The van der Waals surface area contributed by atoms with E-state index in [0.717, 1.165) is 6.42 Å². The fourth-order valence-corrected chi connectivity index (χ4v) is 1.72. The Bertz CT molecular complexity index is 223. The van der Waals surface area contributed by atoms with Crippen LogP contribution in [0.1, 0.15) is 26.7 Å². The van der Waals surface area contributed by atoms with Gasteiger partial charge < -0.3 is 14.6 Å². The molecule has 1 unspecified atom stereocenters. The van der Waals surface area contributed by atoms with Gasteiger partial charge in [-0.15, -0.1) is 0 Å². The molecule has 0 spiro atoms. The summed E-state index contributed by atoms with van der Waals surface area (Å²) in [5.41, 5.74) is -0.827. The van der Waals surface area contributed by atoms with Gasteiger partial charge in [0, 0.05) is 33.9 Å². The Hall–Kier alpha value is -0.650. The second kappa shape index (κ2) is 8.44. The van der Waals surface area contributed by atoms with Crippen molar-refractivity contribution in [2.45, 2.75) is 32.2 Å². The molecule has 0 fully saturated rings. The number of ether oxygens (including phenoxy) is 2. The molecule has 0 aliphatic carbocycles. The first-order valence-corrected chi connectivity index (χ1v) is 5.99. The van der Waals surface area contributed by atoms with Gasteiger partial charge in [-0.05, 0) is 19.8 Å². The monoisotopic (exact) mass is 247 g/mol. The molecule has 17 heavy (non-hydrogen) atoms. The van der Waals surface area contributed by atoms with E-state index in [1.807, 2.05) is 11.8 Å². The number of hydrogen-bond donors (Lipinski definition) is 1. The molecule has 0 amide bonds. The van der Waals surface area contributed by atoms with Crippen LogP contribution in [0.4, 0.5) is 0 Å². The van der Waals surface area contributed by atoms with Gasteiger partial charge in [0.05, 0.1) is 6.61 Å². The van der Waals surface area contributed by atoms with Crippen molar-refractivity contribution in [3.8, 4) is 0 Å². The molecule has 1 atom stereocenters. The van der Waals surface area contributed by atoms with Crippen molar-refractivity contribution in [3.05, 3.63) is 0 Å². The number of nitrogens with zero attached hydrogens (tertiary/aromatic N) is 1. The molecule has 0 aromatic rings. The minimum absolute atomic E-state index is 0.538. The van der Waals surface area contributed by atoms with Crippen LogP contribution in [-0.2, 0) is 14.3 Å². The Balaban J connectivity index is 4.56. The summed E-state index contributed by atoms with van der Waals surface area (Å²) in [6.45, 7) is 6.16. The summed E-state index contributed by atoms with van der Waals surface area (Å²) in [5, 5.41) is 9.35. The van der Waals surface area contributed by atoms with E-state index >= 15 is 0 Å². The van der Waals surface area contributed by atoms with Crippen LogP contribution in [0.2, 0.25) is 0 Å². The number of carbonyl (C=O) groups is 1. The zero-order chi connectivity index (χ0) is 13.3. The molecule has 0 radical (unpaired) electrons. The highest BCUT2D eigenvalue weighted by molar-refractivity contribution is 5.78. The van der Waals surface area contributed by atoms with Gasteiger partial charge in [-0.2, -0.15) is 0 Å². The van der Waals surface area contributed by atoms with Gasteiger partial charge in [-0.25, -0.2) is 0 Å². The summed E-state index contributed by atoms with van der Waals surface area (Å²) in [7, 11) is 3.27. The molecule has 0 saturated heterocycles. The van der Waals surface area contributed by atoms with Crippen LogP contribution < -0.4 is 0 Å². The predicted octanol–water partition coefficient (Wildman–Crippen LogP) is 1.22. The Morgan fingerprint density at radius 2 is 1.82 bits per heavy atom. The second-order valence-electron chi connectivity index (χ2n) is 4.26. The largest absolute Gasteiger partial charge is 0.480 e. The van der Waals surface area contributed by atoms with Crippen LogP contribution in [0.3, 0.4) is 0 Å². The lowest BCUT2D eigenvalue weighted by molar-refractivity contribution is -0.151. The molecule has 102 valence electrons. The minimum Gasteiger partial charge on any atom is -0.480 e. The van der Waals surface area contributed by atoms with E-state index in [1.165, 1.54) is 0 Å². The Morgan fingerprint density at radius 3 is 2.24 bits per heavy atom. The molecule has 1 N–H and O–H groups in total. The molecular formula is C12H25NO4. The van der Waals surface area contributed by atoms with Crippen molar-refractivity contribution in [2.75, 3.05) is 40.5 Å². The summed E-state index contributed by atoms with van der Waals surface area (Å²) >= 11 is 0. The average molecular weight is 247 g/mol. The van der Waals surface area contributed by atoms with Gasteiger partial charge >= 0.3 is 5.97 Å². The highest BCUT2D eigenvalue weighted by Crippen LogP contribution is 2.20. The van der Waals surface area contributed by atoms with Crippen LogP contribution in [0.25, 0.3) is 0 Å². The van der Waals surface area contributed by atoms with Gasteiger partial charge in [0.2, 0.25) is 0 Å². The number of carboxylic acid groups (broad SMARTS) is 1. The average Bonchev–Trinajstić information content (AvgIpc) is 2.32. The predicted molar refractivity (Wildman–Crippen MR) is 66.3 cm³/mol. The van der Waals surface area contributed by atoms with Crippen molar-refractivity contribution in [1.82, 2.24) is 4.90 Å². The third-order valence-electron chi connectivity index (χ3n) is 3.19. The van der Waals surface area contributed by atoms with Crippen molar-refractivity contribution in [2.24, 2.45) is 0 Å². The quantitative estimate of drug-likeness (QED) is 0.588. The minimum atomic E-state index is -0.827. The molecule has 0 rings (SSSR count). The number of carboxylic acids is 1. The maximum atomic E-state index is 11.4. The van der Waals surface area contributed by atoms with Crippen molar-refractivity contribution >= 4 is 5.97 Å². The highest BCUT2D eigenvalue weighted by Gasteiger charge is 2.37. The molecule has 5 heteroatoms. The number of hydrogen-bond acceptors (Lipinski definition) is 4. The van der Waals surface area contributed by atoms with Crippen molar-refractivity contribution in [3.63, 3.8) is 0 Å². The van der Waals surface area contributed by atoms with Gasteiger partial charge in [-0.1, -0.05) is 6.92 Å². The standard InChI is InChI=1S/C12H25NO4/c1-5-12(2,11(14)15)13(8-10-17-4)7-6-9-16-3/h5-10H2,1-4H3,(H,14,15). The van der Waals surface area contributed by atoms with Gasteiger partial charge in [0.15, 0.2) is 0 Å². The third-order valence-corrected chi connectivity index (χ3v) is 3.19. The van der Waals surface area contributed by atoms with Gasteiger partial charge in [-0.3, -0.25) is 9.69 Å². The van der Waals surface area contributed by atoms with E-state index in [1.54, 1.807) is 21.1 Å². The summed E-state index contributed by atoms with van der Waals surface area (Å²) < 4.78 is 10.0. The fraction of sp³-hybridized carbons (Fsp3) is 0.917. The lowest BCUT2D eigenvalue weighted by atomic mass is 9.96. The maximum absolute atomic E-state index is 11.4. The molecule has 0 saturated carbocycles. The zero-order valence-corrected chi connectivity index (χ0v) is 11.4. The van der Waals surface area contributed by atoms with Crippen LogP contribution >= 0.6 is 0 Å². The number of methoxy groups -OCH3 is 2. The number of aliphatic carboxylic acids is 1. The van der Waals surface area contributed by atoms with E-state index in [9.17, 15) is 9.90 Å². The second-order valence-corrected chi connectivity index (χ2v) is 4.26. The normalized spacial score (nSPS) is 14.9. The smallest absolute Gasteiger partial charge is 0.323 e. The molecule has 5 nitrogen and oxygen atoms in total. The number of rotatable bonds is 10. The molecule has 0 heterocycles. The molecule has 0 aliphatic rings. The van der Waals surface area contributed by atoms with Crippen molar-refractivity contribution in [1.29, 1.82) is 0 Å². The van der Waals surface area contributed by atoms with Crippen LogP contribution in [0.5, 0.6) is 0 Å². The zero-order valence-electron chi connectivity index (χ0n) is 11.4. The molecule has 0 aliphatic heterocycles. The van der Waals surface area contributed by atoms with Gasteiger partial charge in [0.25, 0.3) is 0 Å². The third kappa shape index (κ3) is 5.02. The molecule has 0 aromatic heterocycles. The van der Waals surface area contributed by atoms with E-state index in [4.69, 9.17) is 9.47 Å². The first-order valence-electron chi connectivity index (χ1n) is 5.99. The summed E-state index contributed by atoms with van der Waals surface area (Å²) in [4.78, 5) is 13.3. The molecule has 0 aromatic carbocycles. The van der Waals surface area contributed by atoms with Crippen LogP contribution in [0, 0.1) is 0 Å². The van der Waals surface area contributed by atoms with Crippen LogP contribution in [-0.4, -0.2) is 62.0 Å². The first-order chi connectivity index (χ1) is 8.02. The SMILES string of the molecule is CCC(C)(C(=O)O)N(CCCOC)CCOC. The Morgan fingerprint density at radius 1 is 1.24 bits per heavy atom. The van der Waals surface area contributed by atoms with Crippen LogP contribution in [0.15, 0.2) is 0 Å². The fourth-order valence-electron chi connectivity index (χ4n) is 1.72. The van der Waals surface area contributed by atoms with Gasteiger partial charge in [0.1, 0.15) is 5.54 Å². The van der Waals surface area contributed by atoms with E-state index in [2.05, 4.69) is 0 Å². The maximum Gasteiger partial charge on any atom is 0.323 e. The lowest BCUT2D eigenvalue weighted by Gasteiger charge is -2.37. The molecular weight excluding hydrogens is 222 g/mol. The van der Waals surface area contributed by atoms with E-state index < -0.39 is 11.5 Å².